The van der Waals surface area contributed by atoms with E-state index in [1.165, 1.54) is 0 Å². The molecule has 0 amide bonds. The zero-order valence-corrected chi connectivity index (χ0v) is 17.0. The number of nitrogens with one attached hydrogen (secondary N) is 1. The second-order valence-electron chi connectivity index (χ2n) is 8.14. The molecule has 0 radical (unpaired) electrons. The SMILES string of the molecule is COc1ccc([C@@H]2N[C@H](C(=O)OC(C)(C)C)[C@@H](c3ccccc3)[C@@H]2[N+](=O)[O-])cc1. The van der Waals surface area contributed by atoms with Crippen LogP contribution >= 0.6 is 0 Å². The summed E-state index contributed by atoms with van der Waals surface area (Å²) in [6.45, 7) is 5.34. The summed E-state index contributed by atoms with van der Waals surface area (Å²) in [5, 5.41) is 15.3. The lowest BCUT2D eigenvalue weighted by atomic mass is 9.85. The Bertz CT molecular complexity index is 861. The molecule has 0 saturated carbocycles. The minimum Gasteiger partial charge on any atom is -0.497 e. The van der Waals surface area contributed by atoms with E-state index in [-0.39, 0.29) is 4.92 Å². The summed E-state index contributed by atoms with van der Waals surface area (Å²) in [6.07, 6.45) is 0. The van der Waals surface area contributed by atoms with Gasteiger partial charge in [-0.1, -0.05) is 42.5 Å². The molecule has 7 nitrogen and oxygen atoms in total. The van der Waals surface area contributed by atoms with Crippen LogP contribution in [0.4, 0.5) is 0 Å². The maximum atomic E-state index is 13.0. The Balaban J connectivity index is 2.04. The molecule has 2 aromatic rings. The van der Waals surface area contributed by atoms with E-state index in [9.17, 15) is 14.9 Å². The molecule has 4 atom stereocenters. The van der Waals surface area contributed by atoms with E-state index in [1.807, 2.05) is 30.3 Å². The highest BCUT2D eigenvalue weighted by Crippen LogP contribution is 2.41. The Morgan fingerprint density at radius 1 is 1.03 bits per heavy atom. The van der Waals surface area contributed by atoms with Crippen LogP contribution in [0.5, 0.6) is 5.75 Å². The van der Waals surface area contributed by atoms with E-state index < -0.39 is 35.6 Å². The van der Waals surface area contributed by atoms with Crippen LogP contribution in [0.2, 0.25) is 0 Å². The number of hydrogen-bond donors (Lipinski definition) is 1. The Kier molecular flexibility index (Phi) is 5.88. The molecule has 29 heavy (non-hydrogen) atoms. The van der Waals surface area contributed by atoms with Crippen molar-refractivity contribution in [2.24, 2.45) is 0 Å². The molecule has 0 spiro atoms. The fourth-order valence-corrected chi connectivity index (χ4v) is 3.80. The number of nitro groups is 1. The molecule has 3 rings (SSSR count). The van der Waals surface area contributed by atoms with Crippen LogP contribution in [0.15, 0.2) is 54.6 Å². The summed E-state index contributed by atoms with van der Waals surface area (Å²) in [5.74, 6) is -0.491. The van der Waals surface area contributed by atoms with Crippen molar-refractivity contribution >= 4 is 5.97 Å². The summed E-state index contributed by atoms with van der Waals surface area (Å²) < 4.78 is 10.8. The molecule has 1 heterocycles. The zero-order chi connectivity index (χ0) is 21.2. The van der Waals surface area contributed by atoms with Crippen LogP contribution in [-0.4, -0.2) is 35.7 Å². The molecule has 0 unspecified atom stereocenters. The predicted molar refractivity (Wildman–Crippen MR) is 108 cm³/mol. The molecule has 1 aliphatic rings. The van der Waals surface area contributed by atoms with Crippen LogP contribution < -0.4 is 10.1 Å². The van der Waals surface area contributed by atoms with Gasteiger partial charge in [-0.2, -0.15) is 0 Å². The highest BCUT2D eigenvalue weighted by molar-refractivity contribution is 5.78. The number of carbonyl (C=O) groups is 1. The molecule has 0 aliphatic carbocycles. The quantitative estimate of drug-likeness (QED) is 0.471. The van der Waals surface area contributed by atoms with Crippen LogP contribution in [0.3, 0.4) is 0 Å². The van der Waals surface area contributed by atoms with E-state index in [4.69, 9.17) is 9.47 Å². The van der Waals surface area contributed by atoms with Gasteiger partial charge >= 0.3 is 5.97 Å². The van der Waals surface area contributed by atoms with E-state index >= 15 is 0 Å². The first-order valence-electron chi connectivity index (χ1n) is 9.52. The number of carbonyl (C=O) groups excluding carboxylic acids is 1. The number of benzene rings is 2. The molecule has 0 bridgehead atoms. The summed E-state index contributed by atoms with van der Waals surface area (Å²) in [6, 6.07) is 13.7. The third-order valence-corrected chi connectivity index (χ3v) is 4.99. The van der Waals surface area contributed by atoms with Crippen molar-refractivity contribution in [2.45, 2.75) is 50.4 Å². The molecule has 154 valence electrons. The topological polar surface area (TPSA) is 90.7 Å². The zero-order valence-electron chi connectivity index (χ0n) is 17.0. The second kappa shape index (κ2) is 8.21. The Morgan fingerprint density at radius 3 is 2.17 bits per heavy atom. The number of hydrogen-bond acceptors (Lipinski definition) is 6. The van der Waals surface area contributed by atoms with Gasteiger partial charge in [-0.05, 0) is 44.0 Å². The average Bonchev–Trinajstić information content (AvgIpc) is 3.08. The van der Waals surface area contributed by atoms with Crippen LogP contribution in [0.25, 0.3) is 0 Å². The van der Waals surface area contributed by atoms with Crippen LogP contribution in [0.1, 0.15) is 43.9 Å². The molecular formula is C22H26N2O5. The second-order valence-corrected chi connectivity index (χ2v) is 8.14. The van der Waals surface area contributed by atoms with Gasteiger partial charge in [0.1, 0.15) is 23.4 Å². The van der Waals surface area contributed by atoms with Crippen molar-refractivity contribution in [2.75, 3.05) is 7.11 Å². The molecule has 1 fully saturated rings. The smallest absolute Gasteiger partial charge is 0.324 e. The van der Waals surface area contributed by atoms with Crippen molar-refractivity contribution in [3.63, 3.8) is 0 Å². The number of nitrogens with zero attached hydrogens (tertiary/aromatic N) is 1. The third kappa shape index (κ3) is 4.56. The summed E-state index contributed by atoms with van der Waals surface area (Å²) in [5.41, 5.74) is 0.760. The fourth-order valence-electron chi connectivity index (χ4n) is 3.80. The van der Waals surface area contributed by atoms with Crippen LogP contribution in [0, 0.1) is 10.1 Å². The van der Waals surface area contributed by atoms with Crippen molar-refractivity contribution in [1.82, 2.24) is 5.32 Å². The van der Waals surface area contributed by atoms with Gasteiger partial charge in [0.05, 0.1) is 13.0 Å². The van der Waals surface area contributed by atoms with E-state index in [2.05, 4.69) is 5.32 Å². The van der Waals surface area contributed by atoms with Crippen molar-refractivity contribution in [1.29, 1.82) is 0 Å². The van der Waals surface area contributed by atoms with Gasteiger partial charge in [0.15, 0.2) is 0 Å². The summed E-state index contributed by atoms with van der Waals surface area (Å²) in [4.78, 5) is 24.8. The molecule has 0 aromatic heterocycles. The maximum absolute atomic E-state index is 13.0. The first-order valence-corrected chi connectivity index (χ1v) is 9.52. The first-order chi connectivity index (χ1) is 13.7. The number of rotatable bonds is 5. The maximum Gasteiger partial charge on any atom is 0.324 e. The summed E-state index contributed by atoms with van der Waals surface area (Å²) >= 11 is 0. The van der Waals surface area contributed by atoms with Gasteiger partial charge in [0, 0.05) is 4.92 Å². The number of esters is 1. The van der Waals surface area contributed by atoms with Crippen molar-refractivity contribution in [3.05, 3.63) is 75.8 Å². The lowest BCUT2D eigenvalue weighted by Crippen LogP contribution is -2.41. The fraction of sp³-hybridized carbons (Fsp3) is 0.409. The normalized spacial score (nSPS) is 24.1. The number of methoxy groups -OCH3 is 1. The van der Waals surface area contributed by atoms with Gasteiger partial charge in [0.2, 0.25) is 6.04 Å². The highest BCUT2D eigenvalue weighted by atomic mass is 16.6. The minimum atomic E-state index is -1.02. The minimum absolute atomic E-state index is 0.302. The van der Waals surface area contributed by atoms with Crippen molar-refractivity contribution < 1.29 is 19.2 Å². The van der Waals surface area contributed by atoms with Crippen LogP contribution in [-0.2, 0) is 9.53 Å². The summed E-state index contributed by atoms with van der Waals surface area (Å²) in [7, 11) is 1.56. The monoisotopic (exact) mass is 398 g/mol. The highest BCUT2D eigenvalue weighted by Gasteiger charge is 2.55. The van der Waals surface area contributed by atoms with Gasteiger partial charge < -0.3 is 9.47 Å². The standard InChI is InChI=1S/C22H26N2O5/c1-22(2,3)29-21(25)19-17(14-8-6-5-7-9-14)20(24(26)27)18(23-19)15-10-12-16(28-4)13-11-15/h5-13,17-20,23H,1-4H3/t17-,18+,19+,20+/m1/s1. The molecule has 1 aliphatic heterocycles. The van der Waals surface area contributed by atoms with Gasteiger partial charge in [-0.25, -0.2) is 0 Å². The van der Waals surface area contributed by atoms with Gasteiger partial charge in [-0.15, -0.1) is 0 Å². The Labute approximate surface area is 170 Å². The van der Waals surface area contributed by atoms with Crippen molar-refractivity contribution in [3.8, 4) is 5.75 Å². The van der Waals surface area contributed by atoms with Gasteiger partial charge in [0.25, 0.3) is 0 Å². The lowest BCUT2D eigenvalue weighted by Gasteiger charge is -2.25. The number of ether oxygens (including phenoxy) is 2. The third-order valence-electron chi connectivity index (χ3n) is 4.99. The molecule has 2 aromatic carbocycles. The van der Waals surface area contributed by atoms with E-state index in [1.54, 1.807) is 52.1 Å². The molecule has 1 saturated heterocycles. The predicted octanol–water partition coefficient (Wildman–Crippen LogP) is 3.48. The first kappa shape index (κ1) is 20.8. The Morgan fingerprint density at radius 2 is 1.66 bits per heavy atom. The molecular weight excluding hydrogens is 372 g/mol. The molecule has 1 N–H and O–H groups in total. The van der Waals surface area contributed by atoms with Gasteiger partial charge in [-0.3, -0.25) is 20.2 Å². The van der Waals surface area contributed by atoms with E-state index in [0.717, 1.165) is 11.1 Å². The van der Waals surface area contributed by atoms with E-state index in [0.29, 0.717) is 5.75 Å². The molecule has 7 heteroatoms. The largest absolute Gasteiger partial charge is 0.497 e. The average molecular weight is 398 g/mol. The lowest BCUT2D eigenvalue weighted by molar-refractivity contribution is -0.527. The Hall–Kier alpha value is -2.93.